The van der Waals surface area contributed by atoms with E-state index < -0.39 is 0 Å². The molecule has 4 heteroatoms. The van der Waals surface area contributed by atoms with E-state index in [0.717, 1.165) is 23.5 Å². The van der Waals surface area contributed by atoms with Crippen LogP contribution in [-0.2, 0) is 4.79 Å². The number of aromatic nitrogens is 1. The van der Waals surface area contributed by atoms with Crippen molar-refractivity contribution in [2.75, 3.05) is 0 Å². The molecule has 1 aromatic rings. The number of hydrogen-bond donors (Lipinski definition) is 1. The molecule has 0 spiro atoms. The smallest absolute Gasteiger partial charge is 0.220 e. The van der Waals surface area contributed by atoms with Gasteiger partial charge in [-0.1, -0.05) is 13.3 Å². The van der Waals surface area contributed by atoms with Gasteiger partial charge in [0.1, 0.15) is 0 Å². The van der Waals surface area contributed by atoms with E-state index in [4.69, 9.17) is 0 Å². The number of carbonyl (C=O) groups is 1. The number of nitrogens with zero attached hydrogens (tertiary/aromatic N) is 1. The van der Waals surface area contributed by atoms with Crippen molar-refractivity contribution in [1.29, 1.82) is 0 Å². The summed E-state index contributed by atoms with van der Waals surface area (Å²) in [5.41, 5.74) is 0.961. The number of thiazole rings is 1. The van der Waals surface area contributed by atoms with Gasteiger partial charge in [0, 0.05) is 11.8 Å². The Labute approximate surface area is 94.9 Å². The zero-order valence-electron chi connectivity index (χ0n) is 9.54. The van der Waals surface area contributed by atoms with E-state index in [0.29, 0.717) is 6.42 Å². The number of amides is 1. The molecule has 1 aromatic heterocycles. The number of carbonyl (C=O) groups excluding carboxylic acids is 1. The first kappa shape index (κ1) is 12.2. The highest BCUT2D eigenvalue weighted by molar-refractivity contribution is 7.09. The van der Waals surface area contributed by atoms with Crippen molar-refractivity contribution in [2.45, 2.75) is 46.1 Å². The first-order valence-electron chi connectivity index (χ1n) is 5.35. The molecule has 84 valence electrons. The molecule has 1 unspecified atom stereocenters. The van der Waals surface area contributed by atoms with Gasteiger partial charge in [0.15, 0.2) is 0 Å². The Morgan fingerprint density at radius 1 is 1.67 bits per heavy atom. The molecule has 0 radical (unpaired) electrons. The fourth-order valence-corrected chi connectivity index (χ4v) is 2.01. The van der Waals surface area contributed by atoms with Crippen LogP contribution < -0.4 is 5.32 Å². The SMILES string of the molecule is CCCCC(=O)NC(C)c1csc(C)n1. The summed E-state index contributed by atoms with van der Waals surface area (Å²) in [6.07, 6.45) is 2.62. The van der Waals surface area contributed by atoms with E-state index >= 15 is 0 Å². The topological polar surface area (TPSA) is 42.0 Å². The van der Waals surface area contributed by atoms with Gasteiger partial charge in [0.05, 0.1) is 16.7 Å². The summed E-state index contributed by atoms with van der Waals surface area (Å²) in [5.74, 6) is 0.120. The lowest BCUT2D eigenvalue weighted by Gasteiger charge is -2.11. The molecule has 1 N–H and O–H groups in total. The van der Waals surface area contributed by atoms with Crippen LogP contribution in [0.3, 0.4) is 0 Å². The molecule has 0 aliphatic rings. The average molecular weight is 226 g/mol. The molecule has 1 amide bonds. The Morgan fingerprint density at radius 2 is 2.40 bits per heavy atom. The Bertz CT molecular complexity index is 322. The minimum Gasteiger partial charge on any atom is -0.348 e. The largest absolute Gasteiger partial charge is 0.348 e. The monoisotopic (exact) mass is 226 g/mol. The third-order valence-electron chi connectivity index (χ3n) is 2.22. The minimum atomic E-state index is 0.0271. The number of rotatable bonds is 5. The number of aryl methyl sites for hydroxylation is 1. The summed E-state index contributed by atoms with van der Waals surface area (Å²) < 4.78 is 0. The first-order chi connectivity index (χ1) is 7.13. The summed E-state index contributed by atoms with van der Waals surface area (Å²) in [6, 6.07) is 0.0271. The standard InChI is InChI=1S/C11H18N2OS/c1-4-5-6-11(14)12-8(2)10-7-15-9(3)13-10/h7-8H,4-6H2,1-3H3,(H,12,14). The Balaban J connectivity index is 2.41. The Kier molecular flexibility index (Phi) is 4.75. The van der Waals surface area contributed by atoms with E-state index in [1.54, 1.807) is 11.3 Å². The van der Waals surface area contributed by atoms with E-state index in [-0.39, 0.29) is 11.9 Å². The summed E-state index contributed by atoms with van der Waals surface area (Å²) in [7, 11) is 0. The maximum absolute atomic E-state index is 11.5. The number of nitrogens with one attached hydrogen (secondary N) is 1. The highest BCUT2D eigenvalue weighted by Gasteiger charge is 2.11. The van der Waals surface area contributed by atoms with Crippen LogP contribution in [0.25, 0.3) is 0 Å². The van der Waals surface area contributed by atoms with E-state index in [2.05, 4.69) is 17.2 Å². The van der Waals surface area contributed by atoms with E-state index in [1.165, 1.54) is 0 Å². The van der Waals surface area contributed by atoms with Crippen molar-refractivity contribution in [2.24, 2.45) is 0 Å². The van der Waals surface area contributed by atoms with E-state index in [1.807, 2.05) is 19.2 Å². The summed E-state index contributed by atoms with van der Waals surface area (Å²) in [4.78, 5) is 15.8. The van der Waals surface area contributed by atoms with E-state index in [9.17, 15) is 4.79 Å². The Morgan fingerprint density at radius 3 is 2.93 bits per heavy atom. The van der Waals surface area contributed by atoms with Crippen molar-refractivity contribution in [3.05, 3.63) is 16.1 Å². The zero-order chi connectivity index (χ0) is 11.3. The normalized spacial score (nSPS) is 12.5. The van der Waals surface area contributed by atoms with Crippen LogP contribution in [0, 0.1) is 6.92 Å². The molecule has 1 heterocycles. The number of hydrogen-bond acceptors (Lipinski definition) is 3. The van der Waals surface area contributed by atoms with Crippen molar-refractivity contribution < 1.29 is 4.79 Å². The van der Waals surface area contributed by atoms with Crippen LogP contribution >= 0.6 is 11.3 Å². The molecule has 0 aliphatic carbocycles. The van der Waals surface area contributed by atoms with Gasteiger partial charge in [-0.15, -0.1) is 11.3 Å². The van der Waals surface area contributed by atoms with Gasteiger partial charge in [0.25, 0.3) is 0 Å². The van der Waals surface area contributed by atoms with Crippen molar-refractivity contribution >= 4 is 17.2 Å². The van der Waals surface area contributed by atoms with Crippen LogP contribution in [0.1, 0.15) is 49.9 Å². The van der Waals surface area contributed by atoms with Crippen LogP contribution in [-0.4, -0.2) is 10.9 Å². The fraction of sp³-hybridized carbons (Fsp3) is 0.636. The molecule has 1 atom stereocenters. The highest BCUT2D eigenvalue weighted by Crippen LogP contribution is 2.15. The van der Waals surface area contributed by atoms with Crippen molar-refractivity contribution in [1.82, 2.24) is 10.3 Å². The van der Waals surface area contributed by atoms with Crippen LogP contribution in [0.5, 0.6) is 0 Å². The fourth-order valence-electron chi connectivity index (χ4n) is 1.30. The molecule has 1 rings (SSSR count). The van der Waals surface area contributed by atoms with Gasteiger partial charge in [0.2, 0.25) is 5.91 Å². The molecule has 3 nitrogen and oxygen atoms in total. The lowest BCUT2D eigenvalue weighted by atomic mass is 10.2. The number of unbranched alkanes of at least 4 members (excludes halogenated alkanes) is 1. The minimum absolute atomic E-state index is 0.0271. The van der Waals surface area contributed by atoms with Crippen molar-refractivity contribution in [3.63, 3.8) is 0 Å². The summed E-state index contributed by atoms with van der Waals surface area (Å²) in [6.45, 7) is 6.03. The summed E-state index contributed by atoms with van der Waals surface area (Å²) in [5, 5.41) is 5.99. The second-order valence-electron chi connectivity index (χ2n) is 3.68. The van der Waals surface area contributed by atoms with Gasteiger partial charge >= 0.3 is 0 Å². The highest BCUT2D eigenvalue weighted by atomic mass is 32.1. The predicted octanol–water partition coefficient (Wildman–Crippen LogP) is 2.82. The van der Waals surface area contributed by atoms with Crippen molar-refractivity contribution in [3.8, 4) is 0 Å². The quantitative estimate of drug-likeness (QED) is 0.839. The summed E-state index contributed by atoms with van der Waals surface area (Å²) >= 11 is 1.62. The molecule has 0 aromatic carbocycles. The average Bonchev–Trinajstić information content (AvgIpc) is 2.61. The molecule has 0 bridgehead atoms. The van der Waals surface area contributed by atoms with Crippen LogP contribution in [0.4, 0.5) is 0 Å². The third kappa shape index (κ3) is 4.00. The molecule has 0 saturated carbocycles. The maximum Gasteiger partial charge on any atom is 0.220 e. The predicted molar refractivity (Wildman–Crippen MR) is 62.9 cm³/mol. The van der Waals surface area contributed by atoms with Gasteiger partial charge < -0.3 is 5.32 Å². The maximum atomic E-state index is 11.5. The zero-order valence-corrected chi connectivity index (χ0v) is 10.4. The lowest BCUT2D eigenvalue weighted by molar-refractivity contribution is -0.121. The molecule has 15 heavy (non-hydrogen) atoms. The second-order valence-corrected chi connectivity index (χ2v) is 4.75. The van der Waals surface area contributed by atoms with Crippen LogP contribution in [0.2, 0.25) is 0 Å². The molecular formula is C11H18N2OS. The molecule has 0 fully saturated rings. The first-order valence-corrected chi connectivity index (χ1v) is 6.22. The molecule has 0 aliphatic heterocycles. The molecular weight excluding hydrogens is 208 g/mol. The van der Waals surface area contributed by atoms with Gasteiger partial charge in [-0.3, -0.25) is 4.79 Å². The lowest BCUT2D eigenvalue weighted by Crippen LogP contribution is -2.26. The third-order valence-corrected chi connectivity index (χ3v) is 3.01. The second kappa shape index (κ2) is 5.85. The van der Waals surface area contributed by atoms with Crippen LogP contribution in [0.15, 0.2) is 5.38 Å². The van der Waals surface area contributed by atoms with Gasteiger partial charge in [-0.2, -0.15) is 0 Å². The Hall–Kier alpha value is -0.900. The molecule has 0 saturated heterocycles. The van der Waals surface area contributed by atoms with Gasteiger partial charge in [-0.25, -0.2) is 4.98 Å². The van der Waals surface area contributed by atoms with Gasteiger partial charge in [-0.05, 0) is 20.3 Å².